The summed E-state index contributed by atoms with van der Waals surface area (Å²) in [5.74, 6) is 1.36. The number of aryl methyl sites for hydroxylation is 1. The lowest BCUT2D eigenvalue weighted by molar-refractivity contribution is 0.407. The van der Waals surface area contributed by atoms with Gasteiger partial charge in [0.25, 0.3) is 0 Å². The van der Waals surface area contributed by atoms with Gasteiger partial charge in [0, 0.05) is 17.2 Å². The van der Waals surface area contributed by atoms with Gasteiger partial charge in [-0.05, 0) is 12.1 Å². The summed E-state index contributed by atoms with van der Waals surface area (Å²) in [4.78, 5) is 13.3. The lowest BCUT2D eigenvalue weighted by Crippen LogP contribution is -2.06. The van der Waals surface area contributed by atoms with Crippen molar-refractivity contribution < 1.29 is 9.15 Å². The molecule has 0 atom stereocenters. The van der Waals surface area contributed by atoms with Crippen LogP contribution < -0.4 is 10.4 Å². The summed E-state index contributed by atoms with van der Waals surface area (Å²) in [7, 11) is 1.55. The Morgan fingerprint density at radius 2 is 2.22 bits per heavy atom. The SMILES string of the molecule is CCc1nnc2scc(-c3cc4cccc(OC)c4oc3=O)n12. The molecule has 1 aromatic carbocycles. The zero-order chi connectivity index (χ0) is 16.0. The maximum Gasteiger partial charge on any atom is 0.345 e. The van der Waals surface area contributed by atoms with Crippen LogP contribution in [0.4, 0.5) is 0 Å². The smallest absolute Gasteiger partial charge is 0.345 e. The Morgan fingerprint density at radius 1 is 1.35 bits per heavy atom. The Bertz CT molecular complexity index is 1080. The van der Waals surface area contributed by atoms with E-state index in [-0.39, 0.29) is 0 Å². The quantitative estimate of drug-likeness (QED) is 0.541. The molecule has 0 aliphatic carbocycles. The monoisotopic (exact) mass is 327 g/mol. The number of fused-ring (bicyclic) bond motifs is 2. The second-order valence-corrected chi connectivity index (χ2v) is 5.87. The Balaban J connectivity index is 2.03. The molecule has 0 radical (unpaired) electrons. The molecule has 6 nitrogen and oxygen atoms in total. The highest BCUT2D eigenvalue weighted by Crippen LogP contribution is 2.29. The minimum absolute atomic E-state index is 0.405. The molecule has 3 heterocycles. The molecule has 3 aromatic heterocycles. The van der Waals surface area contributed by atoms with Crippen LogP contribution in [-0.4, -0.2) is 21.7 Å². The number of nitrogens with zero attached hydrogens (tertiary/aromatic N) is 3. The molecule has 4 aromatic rings. The number of para-hydroxylation sites is 1. The fourth-order valence-electron chi connectivity index (χ4n) is 2.65. The first kappa shape index (κ1) is 14.0. The molecular weight excluding hydrogens is 314 g/mol. The minimum Gasteiger partial charge on any atom is -0.493 e. The first-order chi connectivity index (χ1) is 11.2. The number of aromatic nitrogens is 3. The van der Waals surface area contributed by atoms with Gasteiger partial charge < -0.3 is 9.15 Å². The van der Waals surface area contributed by atoms with Crippen LogP contribution in [-0.2, 0) is 6.42 Å². The Kier molecular flexibility index (Phi) is 3.16. The zero-order valence-corrected chi connectivity index (χ0v) is 13.4. The third kappa shape index (κ3) is 2.04. The first-order valence-corrected chi connectivity index (χ1v) is 8.03. The standard InChI is InChI=1S/C16H13N3O3S/c1-3-13-17-18-16-19(13)11(8-23-16)10-7-9-5-4-6-12(21-2)14(9)22-15(10)20/h4-8H,3H2,1-2H3. The van der Waals surface area contributed by atoms with Crippen molar-refractivity contribution in [3.05, 3.63) is 45.9 Å². The fraction of sp³-hybridized carbons (Fsp3) is 0.188. The average molecular weight is 327 g/mol. The molecule has 23 heavy (non-hydrogen) atoms. The normalized spacial score (nSPS) is 11.4. The van der Waals surface area contributed by atoms with E-state index in [1.54, 1.807) is 13.2 Å². The number of methoxy groups -OCH3 is 1. The van der Waals surface area contributed by atoms with E-state index in [0.717, 1.165) is 28.3 Å². The summed E-state index contributed by atoms with van der Waals surface area (Å²) in [6, 6.07) is 7.35. The van der Waals surface area contributed by atoms with Gasteiger partial charge >= 0.3 is 5.63 Å². The van der Waals surface area contributed by atoms with Crippen LogP contribution in [0.25, 0.3) is 27.2 Å². The Hall–Kier alpha value is -2.67. The number of rotatable bonds is 3. The van der Waals surface area contributed by atoms with E-state index in [1.807, 2.05) is 34.9 Å². The number of hydrogen-bond donors (Lipinski definition) is 0. The number of hydrogen-bond acceptors (Lipinski definition) is 6. The molecule has 0 bridgehead atoms. The van der Waals surface area contributed by atoms with Crippen molar-refractivity contribution >= 4 is 27.3 Å². The van der Waals surface area contributed by atoms with Gasteiger partial charge in [-0.15, -0.1) is 21.5 Å². The maximum absolute atomic E-state index is 12.5. The van der Waals surface area contributed by atoms with Gasteiger partial charge in [0.05, 0.1) is 18.4 Å². The van der Waals surface area contributed by atoms with Gasteiger partial charge in [-0.2, -0.15) is 0 Å². The van der Waals surface area contributed by atoms with E-state index in [4.69, 9.17) is 9.15 Å². The maximum atomic E-state index is 12.5. The Morgan fingerprint density at radius 3 is 3.00 bits per heavy atom. The molecule has 4 rings (SSSR count). The summed E-state index contributed by atoms with van der Waals surface area (Å²) in [6.45, 7) is 2.01. The van der Waals surface area contributed by atoms with Crippen LogP contribution in [0.3, 0.4) is 0 Å². The predicted octanol–water partition coefficient (Wildman–Crippen LogP) is 3.14. The van der Waals surface area contributed by atoms with E-state index in [1.165, 1.54) is 11.3 Å². The van der Waals surface area contributed by atoms with Crippen LogP contribution in [0.1, 0.15) is 12.7 Å². The number of ether oxygens (including phenoxy) is 1. The van der Waals surface area contributed by atoms with E-state index < -0.39 is 5.63 Å². The second kappa shape index (κ2) is 5.20. The lowest BCUT2D eigenvalue weighted by atomic mass is 10.1. The Labute approximate surface area is 135 Å². The third-order valence-electron chi connectivity index (χ3n) is 3.75. The van der Waals surface area contributed by atoms with Crippen molar-refractivity contribution in [3.8, 4) is 17.0 Å². The van der Waals surface area contributed by atoms with E-state index in [2.05, 4.69) is 10.2 Å². The summed E-state index contributed by atoms with van der Waals surface area (Å²) in [5.41, 5.74) is 1.30. The molecule has 0 spiro atoms. The molecule has 0 N–H and O–H groups in total. The summed E-state index contributed by atoms with van der Waals surface area (Å²) in [6.07, 6.45) is 0.734. The minimum atomic E-state index is -0.405. The van der Waals surface area contributed by atoms with Crippen LogP contribution >= 0.6 is 11.3 Å². The summed E-state index contributed by atoms with van der Waals surface area (Å²) in [5, 5.41) is 11.0. The van der Waals surface area contributed by atoms with Crippen LogP contribution in [0.5, 0.6) is 5.75 Å². The molecule has 0 fully saturated rings. The molecule has 0 saturated carbocycles. The van der Waals surface area contributed by atoms with Crippen molar-refractivity contribution in [2.24, 2.45) is 0 Å². The van der Waals surface area contributed by atoms with Gasteiger partial charge in [0.15, 0.2) is 11.3 Å². The van der Waals surface area contributed by atoms with Gasteiger partial charge in [0.2, 0.25) is 4.96 Å². The summed E-state index contributed by atoms with van der Waals surface area (Å²) >= 11 is 1.45. The van der Waals surface area contributed by atoms with Crippen LogP contribution in [0, 0.1) is 0 Å². The van der Waals surface area contributed by atoms with Gasteiger partial charge in [-0.3, -0.25) is 4.40 Å². The van der Waals surface area contributed by atoms with E-state index in [0.29, 0.717) is 16.9 Å². The molecule has 0 saturated heterocycles. The van der Waals surface area contributed by atoms with Crippen molar-refractivity contribution in [1.82, 2.24) is 14.6 Å². The number of thiazole rings is 1. The van der Waals surface area contributed by atoms with Crippen molar-refractivity contribution in [3.63, 3.8) is 0 Å². The molecule has 7 heteroatoms. The highest BCUT2D eigenvalue weighted by atomic mass is 32.1. The van der Waals surface area contributed by atoms with E-state index >= 15 is 0 Å². The summed E-state index contributed by atoms with van der Waals surface area (Å²) < 4.78 is 12.7. The topological polar surface area (TPSA) is 69.6 Å². The molecule has 0 unspecified atom stereocenters. The molecule has 116 valence electrons. The average Bonchev–Trinajstić information content (AvgIpc) is 3.15. The molecule has 0 amide bonds. The van der Waals surface area contributed by atoms with Gasteiger partial charge in [0.1, 0.15) is 5.82 Å². The van der Waals surface area contributed by atoms with Crippen molar-refractivity contribution in [1.29, 1.82) is 0 Å². The van der Waals surface area contributed by atoms with Gasteiger partial charge in [-0.25, -0.2) is 4.79 Å². The highest BCUT2D eigenvalue weighted by Gasteiger charge is 2.17. The lowest BCUT2D eigenvalue weighted by Gasteiger charge is -2.06. The molecule has 0 aliphatic rings. The molecular formula is C16H13N3O3S. The fourth-order valence-corrected chi connectivity index (χ4v) is 3.50. The van der Waals surface area contributed by atoms with Crippen molar-refractivity contribution in [2.45, 2.75) is 13.3 Å². The van der Waals surface area contributed by atoms with E-state index in [9.17, 15) is 4.79 Å². The first-order valence-electron chi connectivity index (χ1n) is 7.15. The largest absolute Gasteiger partial charge is 0.493 e. The van der Waals surface area contributed by atoms with Crippen LogP contribution in [0.15, 0.2) is 38.9 Å². The van der Waals surface area contributed by atoms with Gasteiger partial charge in [-0.1, -0.05) is 19.1 Å². The number of benzene rings is 1. The van der Waals surface area contributed by atoms with Crippen molar-refractivity contribution in [2.75, 3.05) is 7.11 Å². The zero-order valence-electron chi connectivity index (χ0n) is 12.6. The highest BCUT2D eigenvalue weighted by molar-refractivity contribution is 7.15. The van der Waals surface area contributed by atoms with Crippen LogP contribution in [0.2, 0.25) is 0 Å². The second-order valence-electron chi connectivity index (χ2n) is 5.03. The third-order valence-corrected chi connectivity index (χ3v) is 4.57. The molecule has 0 aliphatic heterocycles. The predicted molar refractivity (Wildman–Crippen MR) is 88.3 cm³/mol.